The van der Waals surface area contributed by atoms with E-state index in [4.69, 9.17) is 16.7 Å². The Balaban J connectivity index is 2.65. The van der Waals surface area contributed by atoms with E-state index in [0.29, 0.717) is 17.3 Å². The summed E-state index contributed by atoms with van der Waals surface area (Å²) in [4.78, 5) is 23.9. The topological polar surface area (TPSA) is 69.6 Å². The monoisotopic (exact) mass is 284 g/mol. The first-order chi connectivity index (χ1) is 8.93. The SMILES string of the molecule is CCN(CCC(=O)O)C(=O)Nc1ccc(C)c(Cl)c1. The van der Waals surface area contributed by atoms with Crippen molar-refractivity contribution in [1.29, 1.82) is 0 Å². The molecule has 0 fully saturated rings. The molecule has 6 heteroatoms. The van der Waals surface area contributed by atoms with Gasteiger partial charge in [-0.05, 0) is 31.5 Å². The lowest BCUT2D eigenvalue weighted by Crippen LogP contribution is -2.36. The fourth-order valence-electron chi connectivity index (χ4n) is 1.51. The van der Waals surface area contributed by atoms with E-state index in [2.05, 4.69) is 5.32 Å². The largest absolute Gasteiger partial charge is 0.481 e. The van der Waals surface area contributed by atoms with Crippen molar-refractivity contribution in [3.8, 4) is 0 Å². The van der Waals surface area contributed by atoms with Gasteiger partial charge in [-0.1, -0.05) is 17.7 Å². The summed E-state index contributed by atoms with van der Waals surface area (Å²) in [6.07, 6.45) is -0.0735. The number of benzene rings is 1. The maximum Gasteiger partial charge on any atom is 0.321 e. The highest BCUT2D eigenvalue weighted by molar-refractivity contribution is 6.31. The summed E-state index contributed by atoms with van der Waals surface area (Å²) in [5.41, 5.74) is 1.52. The number of rotatable bonds is 5. The second-order valence-electron chi connectivity index (χ2n) is 4.12. The van der Waals surface area contributed by atoms with Crippen LogP contribution in [0.5, 0.6) is 0 Å². The molecule has 5 nitrogen and oxygen atoms in total. The average Bonchev–Trinajstić information content (AvgIpc) is 2.34. The average molecular weight is 285 g/mol. The smallest absolute Gasteiger partial charge is 0.321 e. The van der Waals surface area contributed by atoms with Gasteiger partial charge < -0.3 is 15.3 Å². The molecule has 2 N–H and O–H groups in total. The van der Waals surface area contributed by atoms with Crippen LogP contribution < -0.4 is 5.32 Å². The molecule has 0 spiro atoms. The van der Waals surface area contributed by atoms with Gasteiger partial charge in [-0.25, -0.2) is 4.79 Å². The highest BCUT2D eigenvalue weighted by Gasteiger charge is 2.13. The molecule has 0 unspecified atom stereocenters. The second-order valence-corrected chi connectivity index (χ2v) is 4.52. The number of nitrogens with zero attached hydrogens (tertiary/aromatic N) is 1. The third kappa shape index (κ3) is 4.79. The van der Waals surface area contributed by atoms with Gasteiger partial charge in [0, 0.05) is 23.8 Å². The minimum atomic E-state index is -0.926. The van der Waals surface area contributed by atoms with E-state index < -0.39 is 5.97 Å². The standard InChI is InChI=1S/C13H17ClN2O3/c1-3-16(7-6-12(17)18)13(19)15-10-5-4-9(2)11(14)8-10/h4-5,8H,3,6-7H2,1-2H3,(H,15,19)(H,17,18). The zero-order valence-corrected chi connectivity index (χ0v) is 11.7. The Hall–Kier alpha value is -1.75. The van der Waals surface area contributed by atoms with Crippen molar-refractivity contribution < 1.29 is 14.7 Å². The molecule has 0 aliphatic heterocycles. The second kappa shape index (κ2) is 6.99. The minimum Gasteiger partial charge on any atom is -0.481 e. The molecular formula is C13H17ClN2O3. The van der Waals surface area contributed by atoms with Crippen molar-refractivity contribution in [3.05, 3.63) is 28.8 Å². The maximum atomic E-state index is 11.9. The molecule has 0 aliphatic carbocycles. The number of anilines is 1. The molecule has 0 aliphatic rings. The van der Waals surface area contributed by atoms with E-state index in [1.165, 1.54) is 4.90 Å². The van der Waals surface area contributed by atoms with Crippen molar-refractivity contribution in [1.82, 2.24) is 4.90 Å². The summed E-state index contributed by atoms with van der Waals surface area (Å²) in [5.74, 6) is -0.926. The summed E-state index contributed by atoms with van der Waals surface area (Å²) in [5, 5.41) is 11.9. The number of aliphatic carboxylic acids is 1. The molecule has 0 radical (unpaired) electrons. The number of hydrogen-bond donors (Lipinski definition) is 2. The lowest BCUT2D eigenvalue weighted by molar-refractivity contribution is -0.137. The van der Waals surface area contributed by atoms with E-state index in [0.717, 1.165) is 5.56 Å². The van der Waals surface area contributed by atoms with Crippen LogP contribution in [0.2, 0.25) is 5.02 Å². The Kier molecular flexibility index (Phi) is 5.63. The lowest BCUT2D eigenvalue weighted by atomic mass is 10.2. The summed E-state index contributed by atoms with van der Waals surface area (Å²) in [7, 11) is 0. The number of halogens is 1. The molecule has 0 atom stereocenters. The van der Waals surface area contributed by atoms with Crippen LogP contribution in [0.25, 0.3) is 0 Å². The number of aryl methyl sites for hydroxylation is 1. The van der Waals surface area contributed by atoms with Crippen LogP contribution in [0.1, 0.15) is 18.9 Å². The molecule has 0 heterocycles. The van der Waals surface area contributed by atoms with Gasteiger partial charge in [0.05, 0.1) is 6.42 Å². The number of hydrogen-bond acceptors (Lipinski definition) is 2. The van der Waals surface area contributed by atoms with Crippen molar-refractivity contribution >= 4 is 29.3 Å². The van der Waals surface area contributed by atoms with E-state index in [9.17, 15) is 9.59 Å². The lowest BCUT2D eigenvalue weighted by Gasteiger charge is -2.20. The quantitative estimate of drug-likeness (QED) is 0.873. The Bertz CT molecular complexity index is 477. The molecule has 0 saturated carbocycles. The van der Waals surface area contributed by atoms with Crippen LogP contribution in [0.15, 0.2) is 18.2 Å². The summed E-state index contributed by atoms with van der Waals surface area (Å²) < 4.78 is 0. The predicted octanol–water partition coefficient (Wildman–Crippen LogP) is 2.98. The van der Waals surface area contributed by atoms with Crippen molar-refractivity contribution in [2.45, 2.75) is 20.3 Å². The van der Waals surface area contributed by atoms with Crippen LogP contribution >= 0.6 is 11.6 Å². The number of carbonyl (C=O) groups excluding carboxylic acids is 1. The molecule has 1 aromatic carbocycles. The van der Waals surface area contributed by atoms with E-state index >= 15 is 0 Å². The minimum absolute atomic E-state index is 0.0735. The normalized spacial score (nSPS) is 10.1. The number of amides is 2. The molecule has 19 heavy (non-hydrogen) atoms. The molecule has 1 aromatic rings. The van der Waals surface area contributed by atoms with Crippen LogP contribution in [0.4, 0.5) is 10.5 Å². The van der Waals surface area contributed by atoms with E-state index in [1.807, 2.05) is 13.0 Å². The first-order valence-corrected chi connectivity index (χ1v) is 6.35. The maximum absolute atomic E-state index is 11.9. The fourth-order valence-corrected chi connectivity index (χ4v) is 1.69. The number of nitrogens with one attached hydrogen (secondary N) is 1. The highest BCUT2D eigenvalue weighted by Crippen LogP contribution is 2.20. The van der Waals surface area contributed by atoms with Crippen molar-refractivity contribution in [2.24, 2.45) is 0 Å². The highest BCUT2D eigenvalue weighted by atomic mass is 35.5. The molecule has 2 amide bonds. The third-order valence-electron chi connectivity index (χ3n) is 2.69. The van der Waals surface area contributed by atoms with Gasteiger partial charge in [-0.2, -0.15) is 0 Å². The van der Waals surface area contributed by atoms with Crippen LogP contribution in [-0.4, -0.2) is 35.1 Å². The van der Waals surface area contributed by atoms with E-state index in [-0.39, 0.29) is 19.0 Å². The van der Waals surface area contributed by atoms with Crippen LogP contribution in [-0.2, 0) is 4.79 Å². The van der Waals surface area contributed by atoms with Gasteiger partial charge in [0.2, 0.25) is 0 Å². The first-order valence-electron chi connectivity index (χ1n) is 5.98. The number of carboxylic acids is 1. The Labute approximate surface area is 117 Å². The third-order valence-corrected chi connectivity index (χ3v) is 3.09. The van der Waals surface area contributed by atoms with Gasteiger partial charge in [0.1, 0.15) is 0 Å². The zero-order valence-electron chi connectivity index (χ0n) is 10.9. The fraction of sp³-hybridized carbons (Fsp3) is 0.385. The van der Waals surface area contributed by atoms with Gasteiger partial charge in [0.15, 0.2) is 0 Å². The molecule has 0 aromatic heterocycles. The van der Waals surface area contributed by atoms with E-state index in [1.54, 1.807) is 19.1 Å². The molecule has 0 saturated heterocycles. The van der Waals surface area contributed by atoms with Gasteiger partial charge in [-0.3, -0.25) is 4.79 Å². The predicted molar refractivity (Wildman–Crippen MR) is 74.7 cm³/mol. The van der Waals surface area contributed by atoms with Crippen LogP contribution in [0, 0.1) is 6.92 Å². The molecule has 0 bridgehead atoms. The number of carbonyl (C=O) groups is 2. The summed E-state index contributed by atoms with van der Waals surface area (Å²) >= 11 is 5.97. The van der Waals surface area contributed by atoms with Gasteiger partial charge in [0.25, 0.3) is 0 Å². The molecular weight excluding hydrogens is 268 g/mol. The number of urea groups is 1. The Morgan fingerprint density at radius 1 is 1.42 bits per heavy atom. The first kappa shape index (κ1) is 15.3. The molecule has 104 valence electrons. The number of carboxylic acid groups (broad SMARTS) is 1. The zero-order chi connectivity index (χ0) is 14.4. The molecule has 1 rings (SSSR count). The summed E-state index contributed by atoms with van der Waals surface area (Å²) in [6, 6.07) is 4.90. The van der Waals surface area contributed by atoms with Gasteiger partial charge >= 0.3 is 12.0 Å². The Morgan fingerprint density at radius 3 is 2.63 bits per heavy atom. The van der Waals surface area contributed by atoms with Crippen molar-refractivity contribution in [3.63, 3.8) is 0 Å². The van der Waals surface area contributed by atoms with Crippen molar-refractivity contribution in [2.75, 3.05) is 18.4 Å². The Morgan fingerprint density at radius 2 is 2.11 bits per heavy atom. The van der Waals surface area contributed by atoms with Crippen LogP contribution in [0.3, 0.4) is 0 Å². The summed E-state index contributed by atoms with van der Waals surface area (Å²) in [6.45, 7) is 4.29. The van der Waals surface area contributed by atoms with Gasteiger partial charge in [-0.15, -0.1) is 0 Å².